The fraction of sp³-hybridized carbons (Fsp3) is 0.308. The van der Waals surface area contributed by atoms with Crippen molar-refractivity contribution in [3.8, 4) is 17.0 Å². The van der Waals surface area contributed by atoms with Crippen LogP contribution in [0.5, 0.6) is 5.75 Å². The Kier molecular flexibility index (Phi) is 7.00. The van der Waals surface area contributed by atoms with E-state index in [1.165, 1.54) is 0 Å². The van der Waals surface area contributed by atoms with Crippen LogP contribution in [0.1, 0.15) is 36.8 Å². The average Bonchev–Trinajstić information content (AvgIpc) is 3.34. The van der Waals surface area contributed by atoms with Crippen LogP contribution < -0.4 is 14.8 Å². The maximum Gasteiger partial charge on any atom is 0.236 e. The minimum absolute atomic E-state index is 0.0398. The Morgan fingerprint density at radius 1 is 1.00 bits per heavy atom. The predicted molar refractivity (Wildman–Crippen MR) is 133 cm³/mol. The quantitative estimate of drug-likeness (QED) is 0.503. The molecule has 0 spiro atoms. The van der Waals surface area contributed by atoms with Gasteiger partial charge in [0, 0.05) is 12.1 Å². The lowest BCUT2D eigenvalue weighted by atomic mass is 9.78. The van der Waals surface area contributed by atoms with E-state index in [1.54, 1.807) is 13.2 Å². The molecule has 0 atom stereocenters. The highest BCUT2D eigenvalue weighted by atomic mass is 32.2. The number of anilines is 1. The van der Waals surface area contributed by atoms with Crippen LogP contribution in [0.15, 0.2) is 66.7 Å². The number of benzene rings is 2. The molecule has 1 fully saturated rings. The number of pyridine rings is 1. The second-order valence-electron chi connectivity index (χ2n) is 8.67. The summed E-state index contributed by atoms with van der Waals surface area (Å²) < 4.78 is 30.3. The van der Waals surface area contributed by atoms with Gasteiger partial charge in [-0.1, -0.05) is 55.3 Å². The molecule has 1 saturated carbocycles. The molecular formula is C26H29N3O4S. The zero-order chi connectivity index (χ0) is 24.2. The Bertz CT molecular complexity index is 1250. The molecule has 1 amide bonds. The Morgan fingerprint density at radius 2 is 1.68 bits per heavy atom. The first-order valence-electron chi connectivity index (χ1n) is 11.3. The second kappa shape index (κ2) is 9.95. The lowest BCUT2D eigenvalue weighted by molar-refractivity contribution is -0.121. The maximum atomic E-state index is 13.5. The SMILES string of the molecule is COc1ccc(C2(C(=O)Nc3cccc(-c4ccc(CNS(C)(=O)=O)cc4)n3)CCCC2)cc1. The molecule has 0 radical (unpaired) electrons. The predicted octanol–water partition coefficient (Wildman–Crippen LogP) is 4.26. The number of hydrogen-bond acceptors (Lipinski definition) is 5. The molecule has 3 aromatic rings. The molecule has 1 aliphatic carbocycles. The van der Waals surface area contributed by atoms with Crippen molar-refractivity contribution in [2.75, 3.05) is 18.7 Å². The second-order valence-corrected chi connectivity index (χ2v) is 10.5. The van der Waals surface area contributed by atoms with Crippen molar-refractivity contribution in [2.24, 2.45) is 0 Å². The maximum absolute atomic E-state index is 13.5. The lowest BCUT2D eigenvalue weighted by Crippen LogP contribution is -2.38. The van der Waals surface area contributed by atoms with Gasteiger partial charge in [0.05, 0.1) is 24.5 Å². The summed E-state index contributed by atoms with van der Waals surface area (Å²) in [5.74, 6) is 1.23. The van der Waals surface area contributed by atoms with Crippen molar-refractivity contribution in [3.05, 3.63) is 77.9 Å². The van der Waals surface area contributed by atoms with Gasteiger partial charge in [-0.2, -0.15) is 0 Å². The molecule has 2 aromatic carbocycles. The van der Waals surface area contributed by atoms with Crippen molar-refractivity contribution in [1.29, 1.82) is 0 Å². The van der Waals surface area contributed by atoms with Gasteiger partial charge in [-0.05, 0) is 48.2 Å². The first-order chi connectivity index (χ1) is 16.3. The summed E-state index contributed by atoms with van der Waals surface area (Å²) in [5, 5.41) is 3.05. The number of hydrogen-bond donors (Lipinski definition) is 2. The van der Waals surface area contributed by atoms with E-state index in [2.05, 4.69) is 15.0 Å². The van der Waals surface area contributed by atoms with Crippen LogP contribution >= 0.6 is 0 Å². The summed E-state index contributed by atoms with van der Waals surface area (Å²) in [7, 11) is -1.62. The Balaban J connectivity index is 1.51. The van der Waals surface area contributed by atoms with Crippen molar-refractivity contribution in [3.63, 3.8) is 0 Å². The molecule has 0 saturated heterocycles. The first kappa shape index (κ1) is 23.9. The molecule has 0 bridgehead atoms. The van der Waals surface area contributed by atoms with E-state index in [4.69, 9.17) is 4.74 Å². The smallest absolute Gasteiger partial charge is 0.236 e. The minimum atomic E-state index is -3.25. The highest BCUT2D eigenvalue weighted by Crippen LogP contribution is 2.42. The van der Waals surface area contributed by atoms with Crippen LogP contribution in [-0.2, 0) is 26.8 Å². The monoisotopic (exact) mass is 479 g/mol. The van der Waals surface area contributed by atoms with E-state index in [1.807, 2.05) is 60.7 Å². The molecule has 2 N–H and O–H groups in total. The van der Waals surface area contributed by atoms with E-state index in [0.717, 1.165) is 60.1 Å². The van der Waals surface area contributed by atoms with Crippen molar-refractivity contribution in [2.45, 2.75) is 37.6 Å². The number of carbonyl (C=O) groups is 1. The van der Waals surface area contributed by atoms with Gasteiger partial charge >= 0.3 is 0 Å². The number of sulfonamides is 1. The summed E-state index contributed by atoms with van der Waals surface area (Å²) in [5.41, 5.74) is 2.88. The molecule has 1 aromatic heterocycles. The third kappa shape index (κ3) is 5.46. The van der Waals surface area contributed by atoms with Gasteiger partial charge in [0.2, 0.25) is 15.9 Å². The van der Waals surface area contributed by atoms with E-state index in [-0.39, 0.29) is 12.5 Å². The van der Waals surface area contributed by atoms with Crippen molar-refractivity contribution >= 4 is 21.7 Å². The third-order valence-electron chi connectivity index (χ3n) is 6.31. The lowest BCUT2D eigenvalue weighted by Gasteiger charge is -2.28. The van der Waals surface area contributed by atoms with Crippen LogP contribution in [0.3, 0.4) is 0 Å². The van der Waals surface area contributed by atoms with Gasteiger partial charge in [0.25, 0.3) is 0 Å². The standard InChI is InChI=1S/C26H29N3O4S/c1-33-22-14-12-21(13-15-22)26(16-3-4-17-26)25(30)29-24-7-5-6-23(28-24)20-10-8-19(9-11-20)18-27-34(2,31)32/h5-15,27H,3-4,16-18H2,1-2H3,(H,28,29,30). The van der Waals surface area contributed by atoms with Crippen LogP contribution in [0.25, 0.3) is 11.3 Å². The zero-order valence-electron chi connectivity index (χ0n) is 19.4. The molecule has 4 rings (SSSR count). The molecule has 1 heterocycles. The van der Waals surface area contributed by atoms with Gasteiger partial charge < -0.3 is 10.1 Å². The van der Waals surface area contributed by atoms with Gasteiger partial charge in [-0.15, -0.1) is 0 Å². The third-order valence-corrected chi connectivity index (χ3v) is 6.98. The molecule has 8 heteroatoms. The summed E-state index contributed by atoms with van der Waals surface area (Å²) in [6.07, 6.45) is 4.75. The summed E-state index contributed by atoms with van der Waals surface area (Å²) >= 11 is 0. The number of carbonyl (C=O) groups excluding carboxylic acids is 1. The number of nitrogens with zero attached hydrogens (tertiary/aromatic N) is 1. The van der Waals surface area contributed by atoms with Crippen molar-refractivity contribution in [1.82, 2.24) is 9.71 Å². The number of methoxy groups -OCH3 is 1. The number of rotatable bonds is 8. The van der Waals surface area contributed by atoms with Crippen LogP contribution in [0, 0.1) is 0 Å². The Hall–Kier alpha value is -3.23. The fourth-order valence-electron chi connectivity index (χ4n) is 4.44. The van der Waals surface area contributed by atoms with Gasteiger partial charge in [-0.25, -0.2) is 18.1 Å². The largest absolute Gasteiger partial charge is 0.497 e. The van der Waals surface area contributed by atoms with Crippen LogP contribution in [0.2, 0.25) is 0 Å². The van der Waals surface area contributed by atoms with E-state index >= 15 is 0 Å². The fourth-order valence-corrected chi connectivity index (χ4v) is 4.87. The van der Waals surface area contributed by atoms with Gasteiger partial charge in [-0.3, -0.25) is 4.79 Å². The number of amides is 1. The molecule has 0 aliphatic heterocycles. The first-order valence-corrected chi connectivity index (χ1v) is 13.2. The highest BCUT2D eigenvalue weighted by molar-refractivity contribution is 7.88. The molecule has 7 nitrogen and oxygen atoms in total. The highest BCUT2D eigenvalue weighted by Gasteiger charge is 2.42. The molecule has 34 heavy (non-hydrogen) atoms. The van der Waals surface area contributed by atoms with E-state index in [9.17, 15) is 13.2 Å². The minimum Gasteiger partial charge on any atom is -0.497 e. The van der Waals surface area contributed by atoms with Crippen LogP contribution in [0.4, 0.5) is 5.82 Å². The Labute approximate surface area is 200 Å². The summed E-state index contributed by atoms with van der Waals surface area (Å²) in [6.45, 7) is 0.232. The average molecular weight is 480 g/mol. The Morgan fingerprint density at radius 3 is 2.29 bits per heavy atom. The molecule has 0 unspecified atom stereocenters. The van der Waals surface area contributed by atoms with Gasteiger partial charge in [0.1, 0.15) is 11.6 Å². The zero-order valence-corrected chi connectivity index (χ0v) is 20.2. The number of nitrogens with one attached hydrogen (secondary N) is 2. The van der Waals surface area contributed by atoms with Gasteiger partial charge in [0.15, 0.2) is 0 Å². The molecule has 178 valence electrons. The summed E-state index contributed by atoms with van der Waals surface area (Å²) in [4.78, 5) is 18.2. The van der Waals surface area contributed by atoms with E-state index < -0.39 is 15.4 Å². The number of aromatic nitrogens is 1. The van der Waals surface area contributed by atoms with Crippen LogP contribution in [-0.4, -0.2) is 32.7 Å². The number of ether oxygens (including phenoxy) is 1. The summed E-state index contributed by atoms with van der Waals surface area (Å²) in [6, 6.07) is 20.8. The molecule has 1 aliphatic rings. The van der Waals surface area contributed by atoms with E-state index in [0.29, 0.717) is 5.82 Å². The normalized spacial score (nSPS) is 15.1. The topological polar surface area (TPSA) is 97.4 Å². The molecular weight excluding hydrogens is 450 g/mol. The van der Waals surface area contributed by atoms with Crippen molar-refractivity contribution < 1.29 is 17.9 Å².